The minimum atomic E-state index is -1.35. The maximum Gasteiger partial charge on any atom is 0.411 e. The van der Waals surface area contributed by atoms with Gasteiger partial charge in [-0.3, -0.25) is 4.90 Å². The Kier molecular flexibility index (Phi) is 4.51. The van der Waals surface area contributed by atoms with Crippen LogP contribution in [-0.2, 0) is 4.74 Å². The van der Waals surface area contributed by atoms with E-state index < -0.39 is 42.6 Å². The predicted molar refractivity (Wildman–Crippen MR) is 92.0 cm³/mol. The van der Waals surface area contributed by atoms with E-state index in [1.807, 2.05) is 0 Å². The van der Waals surface area contributed by atoms with Gasteiger partial charge in [0.25, 0.3) is 0 Å². The molecule has 1 amide bonds. The van der Waals surface area contributed by atoms with Crippen molar-refractivity contribution in [2.45, 2.75) is 50.7 Å². The second-order valence-electron chi connectivity index (χ2n) is 7.29. The summed E-state index contributed by atoms with van der Waals surface area (Å²) in [5.41, 5.74) is 6.36. The first kappa shape index (κ1) is 18.4. The van der Waals surface area contributed by atoms with Crippen molar-refractivity contribution in [2.24, 2.45) is 0 Å². The summed E-state index contributed by atoms with van der Waals surface area (Å²) < 4.78 is 5.40. The number of carbonyl (C=O) groups is 1. The molecule has 3 rings (SSSR count). The Labute approximate surface area is 149 Å². The number of fused-ring (bicyclic) bond motifs is 1. The van der Waals surface area contributed by atoms with Crippen LogP contribution in [0.1, 0.15) is 32.4 Å². The average Bonchev–Trinajstić information content (AvgIpc) is 3.07. The smallest absolute Gasteiger partial charge is 0.411 e. The highest BCUT2D eigenvalue weighted by atomic mass is 16.6. The molecule has 1 saturated heterocycles. The SMILES string of the molecule is CC(C)(C)OC(=O)N1C(CO)C(O)C(O)C1c1c[nH]c2c(N)ncnc12. The number of aromatic amines is 1. The fraction of sp³-hybridized carbons (Fsp3) is 0.562. The lowest BCUT2D eigenvalue weighted by molar-refractivity contribution is -0.000805. The molecular weight excluding hydrogens is 342 g/mol. The second kappa shape index (κ2) is 6.38. The number of likely N-dealkylation sites (tertiary alicyclic amines) is 1. The van der Waals surface area contributed by atoms with Crippen molar-refractivity contribution in [3.8, 4) is 0 Å². The number of H-pyrrole nitrogens is 1. The van der Waals surface area contributed by atoms with Gasteiger partial charge in [-0.1, -0.05) is 0 Å². The van der Waals surface area contributed by atoms with Gasteiger partial charge in [-0.25, -0.2) is 14.8 Å². The summed E-state index contributed by atoms with van der Waals surface area (Å²) in [6.45, 7) is 4.58. The van der Waals surface area contributed by atoms with Crippen molar-refractivity contribution in [3.63, 3.8) is 0 Å². The zero-order valence-electron chi connectivity index (χ0n) is 14.7. The third-order valence-electron chi connectivity index (χ3n) is 4.36. The van der Waals surface area contributed by atoms with Gasteiger partial charge in [0.15, 0.2) is 5.82 Å². The Bertz CT molecular complexity index is 817. The molecule has 0 bridgehead atoms. The highest BCUT2D eigenvalue weighted by molar-refractivity contribution is 5.88. The Morgan fingerprint density at radius 1 is 1.35 bits per heavy atom. The van der Waals surface area contributed by atoms with Crippen LogP contribution in [0, 0.1) is 0 Å². The fourth-order valence-corrected chi connectivity index (χ4v) is 3.25. The standard InChI is InChI=1S/C16H23N5O5/c1-16(2,3)26-15(25)21-8(5-22)12(23)13(24)11(21)7-4-18-10-9(7)19-6-20-14(10)17/h4,6,8,11-13,18,22-24H,5H2,1-3H3,(H2,17,19,20). The Hall–Kier alpha value is -2.43. The van der Waals surface area contributed by atoms with E-state index in [4.69, 9.17) is 10.5 Å². The predicted octanol–water partition coefficient (Wildman–Crippen LogP) is -0.0854. The summed E-state index contributed by atoms with van der Waals surface area (Å²) in [6.07, 6.45) is -0.619. The van der Waals surface area contributed by atoms with Crippen LogP contribution in [0.3, 0.4) is 0 Å². The summed E-state index contributed by atoms with van der Waals surface area (Å²) in [5.74, 6) is 0.219. The highest BCUT2D eigenvalue weighted by Crippen LogP contribution is 2.40. The second-order valence-corrected chi connectivity index (χ2v) is 7.29. The number of hydrogen-bond acceptors (Lipinski definition) is 8. The van der Waals surface area contributed by atoms with Gasteiger partial charge in [-0.05, 0) is 20.8 Å². The lowest BCUT2D eigenvalue weighted by Crippen LogP contribution is -2.45. The minimum absolute atomic E-state index is 0.219. The summed E-state index contributed by atoms with van der Waals surface area (Å²) in [5, 5.41) is 30.6. The van der Waals surface area contributed by atoms with Crippen molar-refractivity contribution in [1.29, 1.82) is 0 Å². The third-order valence-corrected chi connectivity index (χ3v) is 4.36. The Morgan fingerprint density at radius 3 is 2.65 bits per heavy atom. The number of carbonyl (C=O) groups excluding carboxylic acids is 1. The molecule has 0 aromatic carbocycles. The molecule has 1 aliphatic rings. The minimum Gasteiger partial charge on any atom is -0.444 e. The molecule has 10 heteroatoms. The molecule has 10 nitrogen and oxygen atoms in total. The summed E-state index contributed by atoms with van der Waals surface area (Å²) in [4.78, 5) is 24.9. The number of nitrogens with two attached hydrogens (primary N) is 1. The van der Waals surface area contributed by atoms with Crippen LogP contribution >= 0.6 is 0 Å². The molecule has 142 valence electrons. The summed E-state index contributed by atoms with van der Waals surface area (Å²) in [6, 6.07) is -1.99. The zero-order chi connectivity index (χ0) is 19.2. The Balaban J connectivity index is 2.09. The van der Waals surface area contributed by atoms with Crippen LogP contribution in [0.25, 0.3) is 11.0 Å². The number of anilines is 1. The van der Waals surface area contributed by atoms with Crippen LogP contribution in [0.4, 0.5) is 10.6 Å². The van der Waals surface area contributed by atoms with E-state index >= 15 is 0 Å². The van der Waals surface area contributed by atoms with Crippen molar-refractivity contribution >= 4 is 22.9 Å². The van der Waals surface area contributed by atoms with Crippen LogP contribution in [0.5, 0.6) is 0 Å². The molecule has 1 fully saturated rings. The van der Waals surface area contributed by atoms with Crippen molar-refractivity contribution < 1.29 is 24.9 Å². The third kappa shape index (κ3) is 2.96. The van der Waals surface area contributed by atoms with Gasteiger partial charge in [-0.15, -0.1) is 0 Å². The highest BCUT2D eigenvalue weighted by Gasteiger charge is 2.52. The summed E-state index contributed by atoms with van der Waals surface area (Å²) >= 11 is 0. The molecule has 2 aromatic heterocycles. The number of amides is 1. The van der Waals surface area contributed by atoms with Gasteiger partial charge in [0.05, 0.1) is 24.2 Å². The van der Waals surface area contributed by atoms with Gasteiger partial charge in [0, 0.05) is 11.8 Å². The first-order chi connectivity index (χ1) is 12.2. The number of rotatable bonds is 2. The van der Waals surface area contributed by atoms with Crippen LogP contribution in [0.15, 0.2) is 12.5 Å². The van der Waals surface area contributed by atoms with Crippen LogP contribution < -0.4 is 5.73 Å². The van der Waals surface area contributed by atoms with Gasteiger partial charge in [0.2, 0.25) is 0 Å². The van der Waals surface area contributed by atoms with Gasteiger partial charge in [-0.2, -0.15) is 0 Å². The van der Waals surface area contributed by atoms with Crippen molar-refractivity contribution in [3.05, 3.63) is 18.1 Å². The normalized spacial score (nSPS) is 26.5. The first-order valence-corrected chi connectivity index (χ1v) is 8.21. The molecule has 0 saturated carbocycles. The fourth-order valence-electron chi connectivity index (χ4n) is 3.25. The monoisotopic (exact) mass is 365 g/mol. The molecule has 4 atom stereocenters. The van der Waals surface area contributed by atoms with E-state index in [9.17, 15) is 20.1 Å². The van der Waals surface area contributed by atoms with E-state index in [0.29, 0.717) is 16.6 Å². The van der Waals surface area contributed by atoms with Gasteiger partial charge < -0.3 is 30.8 Å². The number of ether oxygens (including phenoxy) is 1. The number of aliphatic hydroxyl groups excluding tert-OH is 3. The maximum absolute atomic E-state index is 12.7. The topological polar surface area (TPSA) is 158 Å². The largest absolute Gasteiger partial charge is 0.444 e. The molecule has 2 aromatic rings. The van der Waals surface area contributed by atoms with E-state index in [1.54, 1.807) is 27.0 Å². The van der Waals surface area contributed by atoms with Crippen molar-refractivity contribution in [2.75, 3.05) is 12.3 Å². The molecule has 3 heterocycles. The Morgan fingerprint density at radius 2 is 2.04 bits per heavy atom. The molecule has 0 radical (unpaired) electrons. The van der Waals surface area contributed by atoms with Crippen LogP contribution in [-0.4, -0.2) is 71.7 Å². The molecular formula is C16H23N5O5. The average molecular weight is 365 g/mol. The number of nitrogens with one attached hydrogen (secondary N) is 1. The number of nitrogen functional groups attached to an aromatic ring is 1. The lowest BCUT2D eigenvalue weighted by Gasteiger charge is -2.32. The first-order valence-electron chi connectivity index (χ1n) is 8.21. The molecule has 0 aliphatic carbocycles. The van der Waals surface area contributed by atoms with Gasteiger partial charge >= 0.3 is 6.09 Å². The summed E-state index contributed by atoms with van der Waals surface area (Å²) in [7, 11) is 0. The number of aliphatic hydroxyl groups is 3. The van der Waals surface area contributed by atoms with E-state index in [-0.39, 0.29) is 5.82 Å². The molecule has 6 N–H and O–H groups in total. The zero-order valence-corrected chi connectivity index (χ0v) is 14.7. The van der Waals surface area contributed by atoms with Crippen molar-refractivity contribution in [1.82, 2.24) is 19.9 Å². The number of aromatic nitrogens is 3. The quantitative estimate of drug-likeness (QED) is 0.494. The molecule has 4 unspecified atom stereocenters. The van der Waals surface area contributed by atoms with E-state index in [1.165, 1.54) is 6.33 Å². The van der Waals surface area contributed by atoms with Gasteiger partial charge in [0.1, 0.15) is 29.7 Å². The molecule has 1 aliphatic heterocycles. The molecule has 0 spiro atoms. The van der Waals surface area contributed by atoms with E-state index in [2.05, 4.69) is 15.0 Å². The number of hydrogen-bond donors (Lipinski definition) is 5. The molecule has 26 heavy (non-hydrogen) atoms. The number of nitrogens with zero attached hydrogens (tertiary/aromatic N) is 3. The lowest BCUT2D eigenvalue weighted by atomic mass is 10.0. The maximum atomic E-state index is 12.7. The van der Waals surface area contributed by atoms with Crippen LogP contribution in [0.2, 0.25) is 0 Å². The van der Waals surface area contributed by atoms with E-state index in [0.717, 1.165) is 4.90 Å².